The summed E-state index contributed by atoms with van der Waals surface area (Å²) in [5.74, 6) is 0.957. The number of halogens is 1. The molecule has 0 spiro atoms. The fourth-order valence-electron chi connectivity index (χ4n) is 2.96. The Morgan fingerprint density at radius 1 is 1.04 bits per heavy atom. The fourth-order valence-corrected chi connectivity index (χ4v) is 3.23. The topological polar surface area (TPSA) is 32.8 Å². The first-order chi connectivity index (χ1) is 12.6. The number of carbonyl (C=O) groups is 1. The smallest absolute Gasteiger partial charge is 0.246 e. The van der Waals surface area contributed by atoms with Gasteiger partial charge in [0, 0.05) is 43.3 Å². The van der Waals surface area contributed by atoms with Crippen LogP contribution in [-0.2, 0) is 11.3 Å². The summed E-state index contributed by atoms with van der Waals surface area (Å²) in [5, 5.41) is 0. The van der Waals surface area contributed by atoms with Crippen molar-refractivity contribution in [3.63, 3.8) is 0 Å². The number of ether oxygens (including phenoxy) is 1. The number of rotatable bonds is 5. The van der Waals surface area contributed by atoms with Gasteiger partial charge in [-0.25, -0.2) is 0 Å². The zero-order valence-electron chi connectivity index (χ0n) is 14.9. The van der Waals surface area contributed by atoms with Gasteiger partial charge in [-0.15, -0.1) is 0 Å². The Labute approximate surface area is 163 Å². The van der Waals surface area contributed by atoms with E-state index in [0.29, 0.717) is 0 Å². The van der Waals surface area contributed by atoms with Crippen molar-refractivity contribution in [3.05, 3.63) is 70.2 Å². The first-order valence-corrected chi connectivity index (χ1v) is 9.51. The molecule has 1 amide bonds. The van der Waals surface area contributed by atoms with Gasteiger partial charge in [0.25, 0.3) is 0 Å². The van der Waals surface area contributed by atoms with Crippen LogP contribution < -0.4 is 4.74 Å². The molecule has 0 saturated carbocycles. The molecule has 0 unspecified atom stereocenters. The van der Waals surface area contributed by atoms with Crippen LogP contribution in [0.1, 0.15) is 11.1 Å². The molecule has 0 atom stereocenters. The summed E-state index contributed by atoms with van der Waals surface area (Å²) in [7, 11) is 1.68. The van der Waals surface area contributed by atoms with Crippen LogP contribution in [0.15, 0.2) is 59.1 Å². The van der Waals surface area contributed by atoms with Crippen molar-refractivity contribution in [2.45, 2.75) is 6.54 Å². The standard InChI is InChI=1S/C21H23BrN2O2/c1-26-20-9-4-18(5-10-20)16-23-12-14-24(15-13-23)21(25)11-6-17-2-7-19(22)8-3-17/h2-11H,12-16H2,1H3/b11-6+. The van der Waals surface area contributed by atoms with Crippen LogP contribution in [0.2, 0.25) is 0 Å². The molecule has 1 aliphatic heterocycles. The molecular formula is C21H23BrN2O2. The van der Waals surface area contributed by atoms with Gasteiger partial charge in [-0.2, -0.15) is 0 Å². The van der Waals surface area contributed by atoms with E-state index >= 15 is 0 Å². The van der Waals surface area contributed by atoms with Gasteiger partial charge in [0.15, 0.2) is 0 Å². The molecule has 1 saturated heterocycles. The predicted molar refractivity (Wildman–Crippen MR) is 108 cm³/mol. The molecule has 3 rings (SSSR count). The van der Waals surface area contributed by atoms with Crippen molar-refractivity contribution in [3.8, 4) is 5.75 Å². The SMILES string of the molecule is COc1ccc(CN2CCN(C(=O)/C=C/c3ccc(Br)cc3)CC2)cc1. The highest BCUT2D eigenvalue weighted by Gasteiger charge is 2.19. The first-order valence-electron chi connectivity index (χ1n) is 8.72. The zero-order chi connectivity index (χ0) is 18.4. The normalized spacial score (nSPS) is 15.4. The summed E-state index contributed by atoms with van der Waals surface area (Å²) in [4.78, 5) is 16.7. The average molecular weight is 415 g/mol. The van der Waals surface area contributed by atoms with Crippen LogP contribution in [0.4, 0.5) is 0 Å². The van der Waals surface area contributed by atoms with Gasteiger partial charge >= 0.3 is 0 Å². The van der Waals surface area contributed by atoms with Gasteiger partial charge < -0.3 is 9.64 Å². The third-order valence-corrected chi connectivity index (χ3v) is 5.07. The summed E-state index contributed by atoms with van der Waals surface area (Å²) >= 11 is 3.41. The molecule has 1 heterocycles. The Bertz CT molecular complexity index is 749. The molecule has 4 nitrogen and oxygen atoms in total. The largest absolute Gasteiger partial charge is 0.497 e. The van der Waals surface area contributed by atoms with E-state index in [1.54, 1.807) is 13.2 Å². The van der Waals surface area contributed by atoms with Gasteiger partial charge in [0.1, 0.15) is 5.75 Å². The Kier molecular flexibility index (Phi) is 6.47. The number of amides is 1. The van der Waals surface area contributed by atoms with E-state index in [1.807, 2.05) is 47.4 Å². The second-order valence-electron chi connectivity index (χ2n) is 6.33. The maximum Gasteiger partial charge on any atom is 0.246 e. The summed E-state index contributed by atoms with van der Waals surface area (Å²) in [6.45, 7) is 4.22. The van der Waals surface area contributed by atoms with Crippen molar-refractivity contribution >= 4 is 27.9 Å². The predicted octanol–water partition coefficient (Wildman–Crippen LogP) is 3.82. The van der Waals surface area contributed by atoms with Gasteiger partial charge in [-0.3, -0.25) is 9.69 Å². The van der Waals surface area contributed by atoms with E-state index < -0.39 is 0 Å². The molecule has 0 N–H and O–H groups in total. The lowest BCUT2D eigenvalue weighted by Gasteiger charge is -2.34. The van der Waals surface area contributed by atoms with E-state index in [2.05, 4.69) is 33.0 Å². The van der Waals surface area contributed by atoms with Gasteiger partial charge in [0.2, 0.25) is 5.91 Å². The molecule has 2 aromatic carbocycles. The van der Waals surface area contributed by atoms with Crippen molar-refractivity contribution in [2.24, 2.45) is 0 Å². The lowest BCUT2D eigenvalue weighted by Crippen LogP contribution is -2.47. The highest BCUT2D eigenvalue weighted by molar-refractivity contribution is 9.10. The van der Waals surface area contributed by atoms with Crippen molar-refractivity contribution in [2.75, 3.05) is 33.3 Å². The van der Waals surface area contributed by atoms with E-state index in [9.17, 15) is 4.79 Å². The van der Waals surface area contributed by atoms with Crippen LogP contribution >= 0.6 is 15.9 Å². The molecule has 136 valence electrons. The maximum absolute atomic E-state index is 12.4. The Morgan fingerprint density at radius 2 is 1.69 bits per heavy atom. The van der Waals surface area contributed by atoms with Crippen LogP contribution in [0, 0.1) is 0 Å². The third kappa shape index (κ3) is 5.19. The van der Waals surface area contributed by atoms with E-state index in [1.165, 1.54) is 5.56 Å². The molecule has 2 aromatic rings. The fraction of sp³-hybridized carbons (Fsp3) is 0.286. The average Bonchev–Trinajstić information content (AvgIpc) is 2.68. The van der Waals surface area contributed by atoms with Crippen LogP contribution in [-0.4, -0.2) is 49.0 Å². The van der Waals surface area contributed by atoms with Crippen LogP contribution in [0.3, 0.4) is 0 Å². The number of hydrogen-bond acceptors (Lipinski definition) is 3. The van der Waals surface area contributed by atoms with Crippen molar-refractivity contribution in [1.29, 1.82) is 0 Å². The minimum Gasteiger partial charge on any atom is -0.497 e. The van der Waals surface area contributed by atoms with Crippen molar-refractivity contribution in [1.82, 2.24) is 9.80 Å². The summed E-state index contributed by atoms with van der Waals surface area (Å²) in [6.07, 6.45) is 3.54. The molecule has 0 radical (unpaired) electrons. The highest BCUT2D eigenvalue weighted by Crippen LogP contribution is 2.15. The second kappa shape index (κ2) is 9.01. The minimum atomic E-state index is 0.0806. The molecule has 1 fully saturated rings. The number of hydrogen-bond donors (Lipinski definition) is 0. The Hall–Kier alpha value is -2.11. The van der Waals surface area contributed by atoms with Crippen LogP contribution in [0.5, 0.6) is 5.75 Å². The van der Waals surface area contributed by atoms with E-state index in [4.69, 9.17) is 4.74 Å². The quantitative estimate of drug-likeness (QED) is 0.697. The summed E-state index contributed by atoms with van der Waals surface area (Å²) in [5.41, 5.74) is 2.29. The zero-order valence-corrected chi connectivity index (χ0v) is 16.5. The first kappa shape index (κ1) is 18.7. The lowest BCUT2D eigenvalue weighted by atomic mass is 10.2. The highest BCUT2D eigenvalue weighted by atomic mass is 79.9. The second-order valence-corrected chi connectivity index (χ2v) is 7.25. The number of nitrogens with zero attached hydrogens (tertiary/aromatic N) is 2. The third-order valence-electron chi connectivity index (χ3n) is 4.54. The number of carbonyl (C=O) groups excluding carboxylic acids is 1. The van der Waals surface area contributed by atoms with Gasteiger partial charge in [-0.1, -0.05) is 40.2 Å². The molecule has 26 heavy (non-hydrogen) atoms. The lowest BCUT2D eigenvalue weighted by molar-refractivity contribution is -0.127. The van der Waals surface area contributed by atoms with Crippen molar-refractivity contribution < 1.29 is 9.53 Å². The molecule has 1 aliphatic rings. The minimum absolute atomic E-state index is 0.0806. The molecular weight excluding hydrogens is 392 g/mol. The number of methoxy groups -OCH3 is 1. The maximum atomic E-state index is 12.4. The monoisotopic (exact) mass is 414 g/mol. The molecule has 0 aromatic heterocycles. The number of piperazine rings is 1. The van der Waals surface area contributed by atoms with E-state index in [-0.39, 0.29) is 5.91 Å². The Morgan fingerprint density at radius 3 is 2.31 bits per heavy atom. The van der Waals surface area contributed by atoms with Crippen LogP contribution in [0.25, 0.3) is 6.08 Å². The summed E-state index contributed by atoms with van der Waals surface area (Å²) < 4.78 is 6.23. The van der Waals surface area contributed by atoms with E-state index in [0.717, 1.165) is 48.5 Å². The molecule has 5 heteroatoms. The summed E-state index contributed by atoms with van der Waals surface area (Å²) in [6, 6.07) is 16.1. The van der Waals surface area contributed by atoms with Gasteiger partial charge in [-0.05, 0) is 41.5 Å². The Balaban J connectivity index is 1.47. The number of benzene rings is 2. The molecule has 0 aliphatic carbocycles. The molecule has 0 bridgehead atoms. The van der Waals surface area contributed by atoms with Gasteiger partial charge in [0.05, 0.1) is 7.11 Å².